The molecule has 2 rings (SSSR count). The van der Waals surface area contributed by atoms with Crippen molar-refractivity contribution < 1.29 is 13.2 Å². The number of nitrogens with zero attached hydrogens (tertiary/aromatic N) is 2. The van der Waals surface area contributed by atoms with Crippen molar-refractivity contribution in [2.45, 2.75) is 19.1 Å². The van der Waals surface area contributed by atoms with Gasteiger partial charge in [-0.1, -0.05) is 19.1 Å². The second-order valence-electron chi connectivity index (χ2n) is 3.98. The lowest BCUT2D eigenvalue weighted by atomic mass is 10.0. The van der Waals surface area contributed by atoms with E-state index < -0.39 is 11.7 Å². The Hall–Kier alpha value is -1.89. The van der Waals surface area contributed by atoms with Crippen molar-refractivity contribution >= 4 is 0 Å². The summed E-state index contributed by atoms with van der Waals surface area (Å²) >= 11 is 0. The lowest BCUT2D eigenvalue weighted by molar-refractivity contribution is -0.137. The number of H-pyrrole nitrogens is 1. The Morgan fingerprint density at radius 2 is 1.95 bits per heavy atom. The molecule has 0 aliphatic rings. The second-order valence-corrected chi connectivity index (χ2v) is 3.98. The van der Waals surface area contributed by atoms with Gasteiger partial charge in [-0.15, -0.1) is 0 Å². The van der Waals surface area contributed by atoms with Crippen molar-refractivity contribution in [2.75, 3.05) is 6.54 Å². The molecule has 102 valence electrons. The predicted molar refractivity (Wildman–Crippen MR) is 63.3 cm³/mol. The van der Waals surface area contributed by atoms with E-state index in [9.17, 15) is 13.2 Å². The Labute approximate surface area is 108 Å². The number of hydrogen-bond acceptors (Lipinski definition) is 3. The topological polar surface area (TPSA) is 53.6 Å². The molecule has 1 atom stereocenters. The number of aromatic amines is 1. The molecule has 0 fully saturated rings. The van der Waals surface area contributed by atoms with Gasteiger partial charge >= 0.3 is 6.18 Å². The molecule has 2 aromatic rings. The van der Waals surface area contributed by atoms with E-state index in [4.69, 9.17) is 0 Å². The highest BCUT2D eigenvalue weighted by Crippen LogP contribution is 2.30. The van der Waals surface area contributed by atoms with E-state index in [0.717, 1.165) is 12.1 Å². The number of aromatic nitrogens is 3. The van der Waals surface area contributed by atoms with Gasteiger partial charge in [0.2, 0.25) is 0 Å². The quantitative estimate of drug-likeness (QED) is 0.897. The Bertz CT molecular complexity index is 505. The number of halogens is 3. The van der Waals surface area contributed by atoms with Crippen LogP contribution in [-0.2, 0) is 6.18 Å². The smallest absolute Gasteiger partial charge is 0.304 e. The summed E-state index contributed by atoms with van der Waals surface area (Å²) in [6.45, 7) is 2.57. The average Bonchev–Trinajstić information content (AvgIpc) is 2.89. The molecule has 0 saturated heterocycles. The third-order valence-electron chi connectivity index (χ3n) is 2.69. The first-order chi connectivity index (χ1) is 9.02. The third kappa shape index (κ3) is 3.11. The summed E-state index contributed by atoms with van der Waals surface area (Å²) in [5.41, 5.74) is 0.0377. The Morgan fingerprint density at radius 1 is 1.26 bits per heavy atom. The van der Waals surface area contributed by atoms with Crippen LogP contribution in [0.2, 0.25) is 0 Å². The summed E-state index contributed by atoms with van der Waals surface area (Å²) in [5.74, 6) is 0.571. The van der Waals surface area contributed by atoms with E-state index >= 15 is 0 Å². The van der Waals surface area contributed by atoms with Gasteiger partial charge in [0.05, 0.1) is 11.6 Å². The van der Waals surface area contributed by atoms with Gasteiger partial charge in [-0.05, 0) is 24.2 Å². The molecule has 0 amide bonds. The first-order valence-electron chi connectivity index (χ1n) is 5.78. The molecule has 0 radical (unpaired) electrons. The van der Waals surface area contributed by atoms with Crippen LogP contribution in [0.25, 0.3) is 0 Å². The first-order valence-corrected chi connectivity index (χ1v) is 5.78. The van der Waals surface area contributed by atoms with Crippen LogP contribution >= 0.6 is 0 Å². The van der Waals surface area contributed by atoms with Crippen molar-refractivity contribution in [3.05, 3.63) is 47.5 Å². The summed E-state index contributed by atoms with van der Waals surface area (Å²) in [6.07, 6.45) is -2.96. The van der Waals surface area contributed by atoms with Crippen LogP contribution in [0.4, 0.5) is 13.2 Å². The minimum atomic E-state index is -4.32. The van der Waals surface area contributed by atoms with Crippen LogP contribution in [-0.4, -0.2) is 21.7 Å². The summed E-state index contributed by atoms with van der Waals surface area (Å²) in [4.78, 5) is 4.03. The first kappa shape index (κ1) is 13.5. The number of alkyl halides is 3. The monoisotopic (exact) mass is 270 g/mol. The minimum Gasteiger partial charge on any atom is -0.304 e. The van der Waals surface area contributed by atoms with Crippen LogP contribution in [0.5, 0.6) is 0 Å². The van der Waals surface area contributed by atoms with Gasteiger partial charge < -0.3 is 5.32 Å². The van der Waals surface area contributed by atoms with Crippen LogP contribution < -0.4 is 5.32 Å². The lowest BCUT2D eigenvalue weighted by Crippen LogP contribution is -2.23. The highest BCUT2D eigenvalue weighted by atomic mass is 19.4. The molecule has 4 nitrogen and oxygen atoms in total. The zero-order valence-electron chi connectivity index (χ0n) is 10.2. The van der Waals surface area contributed by atoms with Crippen molar-refractivity contribution in [3.63, 3.8) is 0 Å². The molecule has 1 aromatic heterocycles. The van der Waals surface area contributed by atoms with E-state index in [-0.39, 0.29) is 6.04 Å². The number of hydrogen-bond donors (Lipinski definition) is 2. The zero-order chi connectivity index (χ0) is 13.9. The van der Waals surface area contributed by atoms with E-state index in [1.807, 2.05) is 6.92 Å². The number of nitrogens with one attached hydrogen (secondary N) is 2. The molecule has 2 N–H and O–H groups in total. The standard InChI is InChI=1S/C12H13F3N4/c1-2-16-10(11-17-7-18-19-11)8-3-5-9(6-4-8)12(13,14)15/h3-7,10,16H,2H2,1H3,(H,17,18,19). The molecule has 1 unspecified atom stereocenters. The lowest BCUT2D eigenvalue weighted by Gasteiger charge is -2.16. The molecule has 1 aromatic carbocycles. The van der Waals surface area contributed by atoms with Gasteiger partial charge in [0.25, 0.3) is 0 Å². The number of rotatable bonds is 4. The highest BCUT2D eigenvalue weighted by molar-refractivity contribution is 5.29. The van der Waals surface area contributed by atoms with E-state index in [2.05, 4.69) is 20.5 Å². The molecule has 0 spiro atoms. The Morgan fingerprint density at radius 3 is 2.42 bits per heavy atom. The Balaban J connectivity index is 2.28. The van der Waals surface area contributed by atoms with Crippen molar-refractivity contribution in [3.8, 4) is 0 Å². The predicted octanol–water partition coefficient (Wildman–Crippen LogP) is 2.52. The maximum Gasteiger partial charge on any atom is 0.416 e. The van der Waals surface area contributed by atoms with Crippen molar-refractivity contribution in [1.29, 1.82) is 0 Å². The normalized spacial score (nSPS) is 13.5. The molecule has 0 saturated carbocycles. The summed E-state index contributed by atoms with van der Waals surface area (Å²) in [5, 5.41) is 9.62. The fourth-order valence-corrected chi connectivity index (χ4v) is 1.80. The van der Waals surface area contributed by atoms with E-state index in [0.29, 0.717) is 17.9 Å². The van der Waals surface area contributed by atoms with Crippen molar-refractivity contribution in [1.82, 2.24) is 20.5 Å². The third-order valence-corrected chi connectivity index (χ3v) is 2.69. The van der Waals surface area contributed by atoms with Crippen LogP contribution in [0.3, 0.4) is 0 Å². The van der Waals surface area contributed by atoms with Crippen molar-refractivity contribution in [2.24, 2.45) is 0 Å². The summed E-state index contributed by atoms with van der Waals surface area (Å²) in [7, 11) is 0. The van der Waals surface area contributed by atoms with Gasteiger partial charge in [0.15, 0.2) is 0 Å². The van der Waals surface area contributed by atoms with Gasteiger partial charge in [0, 0.05) is 0 Å². The highest BCUT2D eigenvalue weighted by Gasteiger charge is 2.30. The molecule has 19 heavy (non-hydrogen) atoms. The fraction of sp³-hybridized carbons (Fsp3) is 0.333. The molecular weight excluding hydrogens is 257 g/mol. The van der Waals surface area contributed by atoms with Gasteiger partial charge in [-0.2, -0.15) is 18.3 Å². The summed E-state index contributed by atoms with van der Waals surface area (Å²) in [6, 6.07) is 4.72. The van der Waals surface area contributed by atoms with Crippen LogP contribution in [0.15, 0.2) is 30.6 Å². The molecule has 0 bridgehead atoms. The molecule has 7 heteroatoms. The van der Waals surface area contributed by atoms with Gasteiger partial charge in [0.1, 0.15) is 12.2 Å². The van der Waals surface area contributed by atoms with Gasteiger partial charge in [-0.3, -0.25) is 5.10 Å². The summed E-state index contributed by atoms with van der Waals surface area (Å²) < 4.78 is 37.5. The van der Waals surface area contributed by atoms with Crippen LogP contribution in [0.1, 0.15) is 29.9 Å². The van der Waals surface area contributed by atoms with Gasteiger partial charge in [-0.25, -0.2) is 4.98 Å². The largest absolute Gasteiger partial charge is 0.416 e. The maximum atomic E-state index is 12.5. The second kappa shape index (κ2) is 5.40. The molecule has 1 heterocycles. The van der Waals surface area contributed by atoms with E-state index in [1.165, 1.54) is 18.5 Å². The number of benzene rings is 1. The molecule has 0 aliphatic heterocycles. The Kier molecular flexibility index (Phi) is 3.84. The zero-order valence-corrected chi connectivity index (χ0v) is 10.2. The van der Waals surface area contributed by atoms with Crippen LogP contribution in [0, 0.1) is 0 Å². The van der Waals surface area contributed by atoms with E-state index in [1.54, 1.807) is 0 Å². The average molecular weight is 270 g/mol. The SMILES string of the molecule is CCNC(c1ccc(C(F)(F)F)cc1)c1ncn[nH]1. The maximum absolute atomic E-state index is 12.5. The molecular formula is C12H13F3N4. The minimum absolute atomic E-state index is 0.296. The fourth-order valence-electron chi connectivity index (χ4n) is 1.80. The molecule has 0 aliphatic carbocycles.